The van der Waals surface area contributed by atoms with Crippen molar-refractivity contribution in [1.29, 1.82) is 0 Å². The van der Waals surface area contributed by atoms with Crippen molar-refractivity contribution in [1.82, 2.24) is 19.7 Å². The molecule has 0 spiro atoms. The predicted molar refractivity (Wildman–Crippen MR) is 60.3 cm³/mol. The van der Waals surface area contributed by atoms with E-state index >= 15 is 0 Å². The highest BCUT2D eigenvalue weighted by Gasteiger charge is 2.18. The Labute approximate surface area is 97.7 Å². The quantitative estimate of drug-likeness (QED) is 0.700. The number of rotatable bonds is 1. The van der Waals surface area contributed by atoms with Gasteiger partial charge in [0.15, 0.2) is 5.82 Å². The number of fused-ring (bicyclic) bond motifs is 1. The Balaban J connectivity index is 1.88. The zero-order chi connectivity index (χ0) is 11.0. The molecule has 2 aromatic rings. The van der Waals surface area contributed by atoms with Crippen molar-refractivity contribution in [3.8, 4) is 0 Å². The Bertz CT molecular complexity index is 509. The molecule has 5 nitrogen and oxygen atoms in total. The second-order valence-electron chi connectivity index (χ2n) is 3.68. The van der Waals surface area contributed by atoms with E-state index in [4.69, 9.17) is 11.6 Å². The van der Waals surface area contributed by atoms with Crippen molar-refractivity contribution in [3.05, 3.63) is 35.5 Å². The lowest BCUT2D eigenvalue weighted by molar-refractivity contribution is 0.556. The first-order chi connectivity index (χ1) is 7.83. The molecule has 0 unspecified atom stereocenters. The predicted octanol–water partition coefficient (Wildman–Crippen LogP) is 1.35. The van der Waals surface area contributed by atoms with E-state index < -0.39 is 0 Å². The van der Waals surface area contributed by atoms with Crippen LogP contribution in [0.4, 0.5) is 5.82 Å². The van der Waals surface area contributed by atoms with Gasteiger partial charge in [-0.1, -0.05) is 17.7 Å². The summed E-state index contributed by atoms with van der Waals surface area (Å²) in [5.74, 6) is 1.86. The summed E-state index contributed by atoms with van der Waals surface area (Å²) in [7, 11) is 0. The van der Waals surface area contributed by atoms with E-state index in [1.165, 1.54) is 0 Å². The van der Waals surface area contributed by atoms with Gasteiger partial charge in [0, 0.05) is 13.1 Å². The summed E-state index contributed by atoms with van der Waals surface area (Å²) in [6.45, 7) is 2.52. The fourth-order valence-corrected chi connectivity index (χ4v) is 1.99. The summed E-state index contributed by atoms with van der Waals surface area (Å²) in [5, 5.41) is 8.47. The first-order valence-corrected chi connectivity index (χ1v) is 5.45. The van der Waals surface area contributed by atoms with Gasteiger partial charge in [-0.05, 0) is 12.1 Å². The molecule has 82 valence electrons. The summed E-state index contributed by atoms with van der Waals surface area (Å²) in [6, 6.07) is 5.64. The molecular formula is C10H10ClN5. The maximum absolute atomic E-state index is 5.87. The van der Waals surface area contributed by atoms with Crippen LogP contribution in [0.2, 0.25) is 5.15 Å². The zero-order valence-corrected chi connectivity index (χ0v) is 9.30. The second-order valence-corrected chi connectivity index (χ2v) is 4.07. The molecule has 0 aliphatic carbocycles. The molecule has 3 heterocycles. The molecule has 6 heteroatoms. The first-order valence-electron chi connectivity index (χ1n) is 5.07. The Morgan fingerprint density at radius 3 is 3.06 bits per heavy atom. The van der Waals surface area contributed by atoms with Crippen LogP contribution >= 0.6 is 11.6 Å². The summed E-state index contributed by atoms with van der Waals surface area (Å²) in [5.41, 5.74) is 0. The maximum Gasteiger partial charge on any atom is 0.152 e. The Morgan fingerprint density at radius 1 is 1.25 bits per heavy atom. The van der Waals surface area contributed by atoms with Crippen LogP contribution in [-0.2, 0) is 13.1 Å². The fourth-order valence-electron chi connectivity index (χ4n) is 1.84. The lowest BCUT2D eigenvalue weighted by atomic mass is 10.3. The van der Waals surface area contributed by atoms with Gasteiger partial charge >= 0.3 is 0 Å². The number of nitrogens with zero attached hydrogens (tertiary/aromatic N) is 5. The van der Waals surface area contributed by atoms with Gasteiger partial charge in [0.1, 0.15) is 17.3 Å². The first kappa shape index (κ1) is 9.59. The van der Waals surface area contributed by atoms with Gasteiger partial charge in [-0.3, -0.25) is 0 Å². The highest BCUT2D eigenvalue weighted by Crippen LogP contribution is 2.19. The Kier molecular flexibility index (Phi) is 2.25. The zero-order valence-electron chi connectivity index (χ0n) is 8.54. The number of halogens is 1. The smallest absolute Gasteiger partial charge is 0.152 e. The third-order valence-electron chi connectivity index (χ3n) is 2.66. The van der Waals surface area contributed by atoms with Crippen LogP contribution < -0.4 is 4.90 Å². The van der Waals surface area contributed by atoms with Crippen LogP contribution in [0.25, 0.3) is 0 Å². The Morgan fingerprint density at radius 2 is 2.19 bits per heavy atom. The van der Waals surface area contributed by atoms with Crippen molar-refractivity contribution in [3.63, 3.8) is 0 Å². The van der Waals surface area contributed by atoms with E-state index in [0.717, 1.165) is 31.3 Å². The number of hydrogen-bond donors (Lipinski definition) is 0. The molecule has 1 aliphatic heterocycles. The van der Waals surface area contributed by atoms with Crippen molar-refractivity contribution in [2.45, 2.75) is 13.1 Å². The third kappa shape index (κ3) is 1.63. The molecule has 0 bridgehead atoms. The minimum Gasteiger partial charge on any atom is -0.347 e. The maximum atomic E-state index is 5.87. The standard InChI is InChI=1S/C10H10ClN5/c11-8-2-1-3-9(13-8)15-4-5-16-7-12-14-10(16)6-15/h1-3,7H,4-6H2. The molecular weight excluding hydrogens is 226 g/mol. The molecule has 1 aliphatic rings. The topological polar surface area (TPSA) is 46.8 Å². The molecule has 0 amide bonds. The number of aromatic nitrogens is 4. The summed E-state index contributed by atoms with van der Waals surface area (Å²) < 4.78 is 2.06. The van der Waals surface area contributed by atoms with Gasteiger partial charge in [-0.15, -0.1) is 10.2 Å². The van der Waals surface area contributed by atoms with E-state index in [9.17, 15) is 0 Å². The van der Waals surface area contributed by atoms with Gasteiger partial charge in [0.2, 0.25) is 0 Å². The van der Waals surface area contributed by atoms with Gasteiger partial charge < -0.3 is 9.47 Å². The van der Waals surface area contributed by atoms with E-state index in [2.05, 4.69) is 24.6 Å². The number of pyridine rings is 1. The third-order valence-corrected chi connectivity index (χ3v) is 2.87. The van der Waals surface area contributed by atoms with Crippen LogP contribution in [0.15, 0.2) is 24.5 Å². The summed E-state index contributed by atoms with van der Waals surface area (Å²) in [6.07, 6.45) is 1.76. The van der Waals surface area contributed by atoms with Crippen LogP contribution in [0.5, 0.6) is 0 Å². The number of anilines is 1. The molecule has 2 aromatic heterocycles. The molecule has 16 heavy (non-hydrogen) atoms. The average Bonchev–Trinajstić information content (AvgIpc) is 2.75. The Hall–Kier alpha value is -1.62. The van der Waals surface area contributed by atoms with E-state index in [1.54, 1.807) is 12.4 Å². The van der Waals surface area contributed by atoms with E-state index in [-0.39, 0.29) is 0 Å². The number of hydrogen-bond acceptors (Lipinski definition) is 4. The molecule has 0 radical (unpaired) electrons. The van der Waals surface area contributed by atoms with E-state index in [0.29, 0.717) is 5.15 Å². The molecule has 0 fully saturated rings. The van der Waals surface area contributed by atoms with Gasteiger partial charge in [0.05, 0.1) is 6.54 Å². The molecule has 3 rings (SSSR count). The normalized spacial score (nSPS) is 14.9. The molecule has 0 saturated heterocycles. The monoisotopic (exact) mass is 235 g/mol. The largest absolute Gasteiger partial charge is 0.347 e. The fraction of sp³-hybridized carbons (Fsp3) is 0.300. The van der Waals surface area contributed by atoms with Crippen molar-refractivity contribution >= 4 is 17.4 Å². The summed E-state index contributed by atoms with van der Waals surface area (Å²) >= 11 is 5.87. The average molecular weight is 236 g/mol. The van der Waals surface area contributed by atoms with Crippen molar-refractivity contribution in [2.24, 2.45) is 0 Å². The highest BCUT2D eigenvalue weighted by atomic mass is 35.5. The second kappa shape index (κ2) is 3.75. The summed E-state index contributed by atoms with van der Waals surface area (Å²) in [4.78, 5) is 6.44. The van der Waals surface area contributed by atoms with Crippen molar-refractivity contribution < 1.29 is 0 Å². The van der Waals surface area contributed by atoms with Crippen molar-refractivity contribution in [2.75, 3.05) is 11.4 Å². The molecule has 0 saturated carbocycles. The minimum absolute atomic E-state index is 0.518. The van der Waals surface area contributed by atoms with Crippen LogP contribution in [0.3, 0.4) is 0 Å². The van der Waals surface area contributed by atoms with Crippen LogP contribution in [0, 0.1) is 0 Å². The molecule has 0 N–H and O–H groups in total. The van der Waals surface area contributed by atoms with Gasteiger partial charge in [0.25, 0.3) is 0 Å². The molecule has 0 atom stereocenters. The molecule has 0 aromatic carbocycles. The van der Waals surface area contributed by atoms with Crippen LogP contribution in [0.1, 0.15) is 5.82 Å². The van der Waals surface area contributed by atoms with Gasteiger partial charge in [-0.25, -0.2) is 4.98 Å². The lowest BCUT2D eigenvalue weighted by Gasteiger charge is -2.27. The SMILES string of the molecule is Clc1cccc(N2CCn3cnnc3C2)n1. The van der Waals surface area contributed by atoms with Gasteiger partial charge in [-0.2, -0.15) is 0 Å². The highest BCUT2D eigenvalue weighted by molar-refractivity contribution is 6.29. The lowest BCUT2D eigenvalue weighted by Crippen LogP contribution is -2.34. The van der Waals surface area contributed by atoms with E-state index in [1.807, 2.05) is 12.1 Å². The minimum atomic E-state index is 0.518. The van der Waals surface area contributed by atoms with Crippen LogP contribution in [-0.4, -0.2) is 26.3 Å².